The number of ether oxygens (including phenoxy) is 1. The van der Waals surface area contributed by atoms with Crippen LogP contribution >= 0.6 is 0 Å². The van der Waals surface area contributed by atoms with Gasteiger partial charge in [0.15, 0.2) is 0 Å². The molecular weight excluding hydrogens is 254 g/mol. The van der Waals surface area contributed by atoms with Crippen LogP contribution in [0.4, 0.5) is 0 Å². The van der Waals surface area contributed by atoms with Crippen molar-refractivity contribution < 1.29 is 17.9 Å². The van der Waals surface area contributed by atoms with Crippen LogP contribution in [0.25, 0.3) is 0 Å². The maximum atomic E-state index is 11.3. The highest BCUT2D eigenvalue weighted by molar-refractivity contribution is 7.88. The Morgan fingerprint density at radius 3 is 2.17 bits per heavy atom. The third-order valence-electron chi connectivity index (χ3n) is 2.57. The summed E-state index contributed by atoms with van der Waals surface area (Å²) in [5.74, 6) is -0.295. The zero-order valence-corrected chi connectivity index (χ0v) is 11.5. The summed E-state index contributed by atoms with van der Waals surface area (Å²) in [6, 6.07) is 7.20. The molecule has 5 nitrogen and oxygen atoms in total. The van der Waals surface area contributed by atoms with Crippen molar-refractivity contribution in [3.8, 4) is 0 Å². The molecule has 0 aliphatic rings. The molecule has 0 bridgehead atoms. The number of rotatable bonds is 5. The van der Waals surface area contributed by atoms with E-state index in [1.807, 2.05) is 0 Å². The number of hydrogen-bond acceptors (Lipinski definition) is 4. The summed E-state index contributed by atoms with van der Waals surface area (Å²) < 4.78 is 28.3. The van der Waals surface area contributed by atoms with Crippen LogP contribution in [-0.4, -0.2) is 39.1 Å². The molecule has 0 aromatic heterocycles. The van der Waals surface area contributed by atoms with Gasteiger partial charge in [-0.25, -0.2) is 12.7 Å². The number of methoxy groups -OCH3 is 1. The Balaban J connectivity index is 2.69. The van der Waals surface area contributed by atoms with Crippen molar-refractivity contribution in [1.82, 2.24) is 4.31 Å². The molecule has 1 aromatic carbocycles. The van der Waals surface area contributed by atoms with E-state index in [1.165, 1.54) is 24.7 Å². The van der Waals surface area contributed by atoms with Crippen LogP contribution in [0.1, 0.15) is 11.1 Å². The van der Waals surface area contributed by atoms with E-state index in [0.29, 0.717) is 6.54 Å². The zero-order chi connectivity index (χ0) is 13.8. The molecule has 0 saturated carbocycles. The van der Waals surface area contributed by atoms with Gasteiger partial charge >= 0.3 is 5.97 Å². The van der Waals surface area contributed by atoms with Crippen molar-refractivity contribution in [2.75, 3.05) is 20.4 Å². The number of sulfonamides is 1. The first-order chi connectivity index (χ1) is 8.32. The van der Waals surface area contributed by atoms with Gasteiger partial charge in [0.1, 0.15) is 0 Å². The second-order valence-electron chi connectivity index (χ2n) is 4.09. The average molecular weight is 271 g/mol. The smallest absolute Gasteiger partial charge is 0.309 e. The van der Waals surface area contributed by atoms with Crippen molar-refractivity contribution in [2.24, 2.45) is 0 Å². The molecule has 0 spiro atoms. The quantitative estimate of drug-likeness (QED) is 0.743. The normalized spacial score (nSPS) is 11.6. The van der Waals surface area contributed by atoms with Gasteiger partial charge in [-0.15, -0.1) is 0 Å². The number of benzene rings is 1. The van der Waals surface area contributed by atoms with E-state index in [1.54, 1.807) is 24.3 Å². The first kappa shape index (κ1) is 14.7. The van der Waals surface area contributed by atoms with Gasteiger partial charge in [0, 0.05) is 13.6 Å². The summed E-state index contributed by atoms with van der Waals surface area (Å²) in [4.78, 5) is 11.1. The van der Waals surface area contributed by atoms with Crippen LogP contribution in [0, 0.1) is 0 Å². The lowest BCUT2D eigenvalue weighted by Gasteiger charge is -2.14. The van der Waals surface area contributed by atoms with Crippen LogP contribution in [0.2, 0.25) is 0 Å². The minimum atomic E-state index is -3.17. The van der Waals surface area contributed by atoms with Gasteiger partial charge in [-0.3, -0.25) is 4.79 Å². The number of esters is 1. The maximum Gasteiger partial charge on any atom is 0.309 e. The minimum Gasteiger partial charge on any atom is -0.469 e. The molecule has 0 unspecified atom stereocenters. The molecule has 0 N–H and O–H groups in total. The summed E-state index contributed by atoms with van der Waals surface area (Å²) in [6.45, 7) is 0.317. The van der Waals surface area contributed by atoms with Crippen LogP contribution in [0.5, 0.6) is 0 Å². The van der Waals surface area contributed by atoms with Gasteiger partial charge in [0.25, 0.3) is 0 Å². The van der Waals surface area contributed by atoms with Gasteiger partial charge in [-0.05, 0) is 11.1 Å². The summed E-state index contributed by atoms with van der Waals surface area (Å²) in [6.07, 6.45) is 1.39. The fourth-order valence-electron chi connectivity index (χ4n) is 1.38. The third kappa shape index (κ3) is 4.46. The highest BCUT2D eigenvalue weighted by Crippen LogP contribution is 2.09. The number of carbonyl (C=O) groups is 1. The summed E-state index contributed by atoms with van der Waals surface area (Å²) in [5, 5.41) is 0. The molecule has 1 rings (SSSR count). The summed E-state index contributed by atoms with van der Waals surface area (Å²) in [7, 11) is -0.304. The van der Waals surface area contributed by atoms with Crippen molar-refractivity contribution in [2.45, 2.75) is 13.0 Å². The van der Waals surface area contributed by atoms with Gasteiger partial charge < -0.3 is 4.74 Å². The number of nitrogens with zero attached hydrogens (tertiary/aromatic N) is 1. The molecule has 0 saturated heterocycles. The second-order valence-corrected chi connectivity index (χ2v) is 6.18. The molecule has 0 radical (unpaired) electrons. The van der Waals surface area contributed by atoms with Crippen molar-refractivity contribution in [3.05, 3.63) is 35.4 Å². The molecule has 0 aliphatic carbocycles. The van der Waals surface area contributed by atoms with E-state index in [9.17, 15) is 13.2 Å². The van der Waals surface area contributed by atoms with Crippen LogP contribution in [-0.2, 0) is 32.5 Å². The standard InChI is InChI=1S/C12H17NO4S/c1-13(18(3,15)16)9-11-6-4-10(5-7-11)8-12(14)17-2/h4-7H,8-9H2,1-3H3. The Bertz CT molecular complexity index is 507. The van der Waals surface area contributed by atoms with E-state index in [-0.39, 0.29) is 12.4 Å². The fraction of sp³-hybridized carbons (Fsp3) is 0.417. The van der Waals surface area contributed by atoms with E-state index in [4.69, 9.17) is 0 Å². The first-order valence-electron chi connectivity index (χ1n) is 5.39. The lowest BCUT2D eigenvalue weighted by atomic mass is 10.1. The van der Waals surface area contributed by atoms with Crippen LogP contribution < -0.4 is 0 Å². The van der Waals surface area contributed by atoms with Gasteiger partial charge in [-0.1, -0.05) is 24.3 Å². The Labute approximate surface area is 107 Å². The Morgan fingerprint density at radius 1 is 1.22 bits per heavy atom. The first-order valence-corrected chi connectivity index (χ1v) is 7.23. The van der Waals surface area contributed by atoms with Crippen molar-refractivity contribution in [3.63, 3.8) is 0 Å². The third-order valence-corrected chi connectivity index (χ3v) is 3.83. The van der Waals surface area contributed by atoms with E-state index in [2.05, 4.69) is 4.74 Å². The molecule has 0 amide bonds. The monoisotopic (exact) mass is 271 g/mol. The highest BCUT2D eigenvalue weighted by atomic mass is 32.2. The molecular formula is C12H17NO4S. The maximum absolute atomic E-state index is 11.3. The molecule has 1 aromatic rings. The predicted octanol–water partition coefficient (Wildman–Crippen LogP) is 0.794. The molecule has 0 aliphatic heterocycles. The summed E-state index contributed by atoms with van der Waals surface area (Å²) >= 11 is 0. The fourth-order valence-corrected chi connectivity index (χ4v) is 1.76. The predicted molar refractivity (Wildman–Crippen MR) is 68.5 cm³/mol. The minimum absolute atomic E-state index is 0.221. The van der Waals surface area contributed by atoms with E-state index in [0.717, 1.165) is 11.1 Å². The van der Waals surface area contributed by atoms with E-state index >= 15 is 0 Å². The topological polar surface area (TPSA) is 63.7 Å². The SMILES string of the molecule is COC(=O)Cc1ccc(CN(C)S(C)(=O)=O)cc1. The Morgan fingerprint density at radius 2 is 1.72 bits per heavy atom. The van der Waals surface area contributed by atoms with Gasteiger partial charge in [-0.2, -0.15) is 0 Å². The largest absolute Gasteiger partial charge is 0.469 e. The molecule has 0 atom stereocenters. The summed E-state index contributed by atoms with van der Waals surface area (Å²) in [5.41, 5.74) is 1.71. The van der Waals surface area contributed by atoms with E-state index < -0.39 is 10.0 Å². The van der Waals surface area contributed by atoms with Crippen LogP contribution in [0.3, 0.4) is 0 Å². The van der Waals surface area contributed by atoms with Gasteiger partial charge in [0.2, 0.25) is 10.0 Å². The van der Waals surface area contributed by atoms with Crippen molar-refractivity contribution >= 4 is 16.0 Å². The lowest BCUT2D eigenvalue weighted by Crippen LogP contribution is -2.24. The van der Waals surface area contributed by atoms with Crippen LogP contribution in [0.15, 0.2) is 24.3 Å². The zero-order valence-electron chi connectivity index (χ0n) is 10.7. The van der Waals surface area contributed by atoms with Crippen molar-refractivity contribution in [1.29, 1.82) is 0 Å². The highest BCUT2D eigenvalue weighted by Gasteiger charge is 2.11. The van der Waals surface area contributed by atoms with Gasteiger partial charge in [0.05, 0.1) is 19.8 Å². The number of carbonyl (C=O) groups excluding carboxylic acids is 1. The lowest BCUT2D eigenvalue weighted by molar-refractivity contribution is -0.139. The molecule has 0 fully saturated rings. The molecule has 0 heterocycles. The second kappa shape index (κ2) is 5.97. The molecule has 18 heavy (non-hydrogen) atoms. The Kier molecular flexibility index (Phi) is 4.86. The number of hydrogen-bond donors (Lipinski definition) is 0. The average Bonchev–Trinajstić information content (AvgIpc) is 2.30. The Hall–Kier alpha value is -1.40. The molecule has 100 valence electrons. The molecule has 6 heteroatoms.